The van der Waals surface area contributed by atoms with Crippen molar-refractivity contribution in [3.05, 3.63) is 53.5 Å². The topological polar surface area (TPSA) is 17.8 Å². The maximum absolute atomic E-state index is 12.7. The number of rotatable bonds is 3. The molecule has 0 atom stereocenters. The molecule has 0 amide bonds. The third-order valence-corrected chi connectivity index (χ3v) is 4.01. The molecule has 2 nitrogen and oxygen atoms in total. The maximum Gasteiger partial charge on any atom is 0.181 e. The third kappa shape index (κ3) is 2.31. The summed E-state index contributed by atoms with van der Waals surface area (Å²) in [5, 5.41) is 6.36. The first-order valence-electron chi connectivity index (χ1n) is 6.02. The molecule has 3 rings (SSSR count). The number of benzene rings is 1. The Kier molecular flexibility index (Phi) is 3.17. The van der Waals surface area contributed by atoms with Gasteiger partial charge in [-0.05, 0) is 35.6 Å². The van der Waals surface area contributed by atoms with Crippen molar-refractivity contribution in [3.8, 4) is 21.7 Å². The highest BCUT2D eigenvalue weighted by Crippen LogP contribution is 2.32. The fraction of sp³-hybridized carbons (Fsp3) is 0.133. The molecule has 0 unspecified atom stereocenters. The fourth-order valence-corrected chi connectivity index (χ4v) is 2.88. The SMILES string of the molecule is Cc1cc(-c2cc(-c3ccccc3)cs2)nn1CF. The van der Waals surface area contributed by atoms with Crippen LogP contribution in [0.1, 0.15) is 5.69 Å². The Morgan fingerprint density at radius 2 is 1.95 bits per heavy atom. The van der Waals surface area contributed by atoms with E-state index in [1.807, 2.05) is 31.2 Å². The Morgan fingerprint density at radius 1 is 1.16 bits per heavy atom. The molecule has 19 heavy (non-hydrogen) atoms. The van der Waals surface area contributed by atoms with E-state index in [9.17, 15) is 4.39 Å². The van der Waals surface area contributed by atoms with Crippen LogP contribution < -0.4 is 0 Å². The van der Waals surface area contributed by atoms with Crippen molar-refractivity contribution in [1.29, 1.82) is 0 Å². The van der Waals surface area contributed by atoms with Crippen LogP contribution in [0.15, 0.2) is 47.8 Å². The largest absolute Gasteiger partial charge is 0.238 e. The van der Waals surface area contributed by atoms with Crippen LogP contribution in [0.5, 0.6) is 0 Å². The molecule has 0 bridgehead atoms. The quantitative estimate of drug-likeness (QED) is 0.685. The van der Waals surface area contributed by atoms with Crippen LogP contribution >= 0.6 is 11.3 Å². The molecule has 0 N–H and O–H groups in total. The summed E-state index contributed by atoms with van der Waals surface area (Å²) in [4.78, 5) is 1.06. The highest BCUT2D eigenvalue weighted by molar-refractivity contribution is 7.14. The molecule has 0 aliphatic carbocycles. The lowest BCUT2D eigenvalue weighted by atomic mass is 10.1. The van der Waals surface area contributed by atoms with Gasteiger partial charge in [0, 0.05) is 5.69 Å². The van der Waals surface area contributed by atoms with Crippen molar-refractivity contribution in [3.63, 3.8) is 0 Å². The molecule has 0 radical (unpaired) electrons. The summed E-state index contributed by atoms with van der Waals surface area (Å²) < 4.78 is 14.1. The van der Waals surface area contributed by atoms with E-state index in [-0.39, 0.29) is 0 Å². The number of halogens is 1. The van der Waals surface area contributed by atoms with E-state index < -0.39 is 6.80 Å². The van der Waals surface area contributed by atoms with Crippen LogP contribution in [0.3, 0.4) is 0 Å². The minimum Gasteiger partial charge on any atom is -0.238 e. The van der Waals surface area contributed by atoms with Crippen LogP contribution in [0.2, 0.25) is 0 Å². The average molecular weight is 272 g/mol. The lowest BCUT2D eigenvalue weighted by molar-refractivity contribution is 0.345. The standard InChI is InChI=1S/C15H13FN2S/c1-11-7-14(17-18(11)10-16)15-8-13(9-19-15)12-5-3-2-4-6-12/h2-9H,10H2,1H3. The molecule has 2 aromatic heterocycles. The number of hydrogen-bond acceptors (Lipinski definition) is 2. The molecule has 0 saturated heterocycles. The lowest BCUT2D eigenvalue weighted by Crippen LogP contribution is -1.96. The molecule has 0 saturated carbocycles. The summed E-state index contributed by atoms with van der Waals surface area (Å²) in [6.45, 7) is 1.28. The van der Waals surface area contributed by atoms with Crippen LogP contribution in [0, 0.1) is 6.92 Å². The monoisotopic (exact) mass is 272 g/mol. The zero-order valence-electron chi connectivity index (χ0n) is 10.5. The van der Waals surface area contributed by atoms with E-state index in [1.165, 1.54) is 15.8 Å². The first-order valence-corrected chi connectivity index (χ1v) is 6.90. The van der Waals surface area contributed by atoms with E-state index in [2.05, 4.69) is 28.7 Å². The lowest BCUT2D eigenvalue weighted by Gasteiger charge is -1.95. The second-order valence-corrected chi connectivity index (χ2v) is 5.27. The van der Waals surface area contributed by atoms with Crippen LogP contribution in [-0.4, -0.2) is 9.78 Å². The normalized spacial score (nSPS) is 10.8. The highest BCUT2D eigenvalue weighted by Gasteiger charge is 2.09. The molecule has 0 fully saturated rings. The number of aryl methyl sites for hydroxylation is 1. The zero-order valence-corrected chi connectivity index (χ0v) is 11.3. The fourth-order valence-electron chi connectivity index (χ4n) is 2.00. The van der Waals surface area contributed by atoms with E-state index in [0.717, 1.165) is 16.3 Å². The van der Waals surface area contributed by atoms with Crippen molar-refractivity contribution >= 4 is 11.3 Å². The average Bonchev–Trinajstić information content (AvgIpc) is 3.06. The molecule has 0 spiro atoms. The molecule has 96 valence electrons. The van der Waals surface area contributed by atoms with Gasteiger partial charge in [-0.15, -0.1) is 11.3 Å². The number of hydrogen-bond donors (Lipinski definition) is 0. The van der Waals surface area contributed by atoms with Gasteiger partial charge >= 0.3 is 0 Å². The zero-order chi connectivity index (χ0) is 13.2. The number of alkyl halides is 1. The van der Waals surface area contributed by atoms with E-state index >= 15 is 0 Å². The summed E-state index contributed by atoms with van der Waals surface area (Å²) in [6.07, 6.45) is 0. The van der Waals surface area contributed by atoms with Gasteiger partial charge in [0.1, 0.15) is 5.69 Å². The molecule has 4 heteroatoms. The van der Waals surface area contributed by atoms with Gasteiger partial charge < -0.3 is 0 Å². The Labute approximate surface area is 115 Å². The molecule has 3 aromatic rings. The summed E-state index contributed by atoms with van der Waals surface area (Å²) in [7, 11) is 0. The molecule has 2 heterocycles. The van der Waals surface area contributed by atoms with Crippen molar-refractivity contribution < 1.29 is 4.39 Å². The Morgan fingerprint density at radius 3 is 2.63 bits per heavy atom. The van der Waals surface area contributed by atoms with Gasteiger partial charge in [0.05, 0.1) is 4.88 Å². The van der Waals surface area contributed by atoms with Gasteiger partial charge in [0.2, 0.25) is 0 Å². The molecule has 0 aliphatic rings. The highest BCUT2D eigenvalue weighted by atomic mass is 32.1. The Balaban J connectivity index is 1.97. The second-order valence-electron chi connectivity index (χ2n) is 4.36. The number of aromatic nitrogens is 2. The summed E-state index contributed by atoms with van der Waals surface area (Å²) in [5.74, 6) is 0. The van der Waals surface area contributed by atoms with E-state index in [1.54, 1.807) is 11.3 Å². The van der Waals surface area contributed by atoms with E-state index in [4.69, 9.17) is 0 Å². The van der Waals surface area contributed by atoms with Crippen molar-refractivity contribution in [2.75, 3.05) is 0 Å². The van der Waals surface area contributed by atoms with Gasteiger partial charge in [0.15, 0.2) is 6.80 Å². The van der Waals surface area contributed by atoms with Gasteiger partial charge in [-0.3, -0.25) is 0 Å². The van der Waals surface area contributed by atoms with Crippen molar-refractivity contribution in [2.24, 2.45) is 0 Å². The van der Waals surface area contributed by atoms with Gasteiger partial charge in [0.25, 0.3) is 0 Å². The van der Waals surface area contributed by atoms with Crippen LogP contribution in [0.4, 0.5) is 4.39 Å². The predicted molar refractivity (Wildman–Crippen MR) is 76.8 cm³/mol. The third-order valence-electron chi connectivity index (χ3n) is 3.05. The van der Waals surface area contributed by atoms with Crippen molar-refractivity contribution in [2.45, 2.75) is 13.7 Å². The smallest absolute Gasteiger partial charge is 0.181 e. The molecular formula is C15H13FN2S. The second kappa shape index (κ2) is 4.97. The van der Waals surface area contributed by atoms with Crippen molar-refractivity contribution in [1.82, 2.24) is 9.78 Å². The first kappa shape index (κ1) is 12.1. The maximum atomic E-state index is 12.7. The predicted octanol–water partition coefficient (Wildman–Crippen LogP) is 4.51. The first-order chi connectivity index (χ1) is 9.28. The minimum absolute atomic E-state index is 0.581. The summed E-state index contributed by atoms with van der Waals surface area (Å²) >= 11 is 1.63. The van der Waals surface area contributed by atoms with Gasteiger partial charge in [-0.25, -0.2) is 9.07 Å². The van der Waals surface area contributed by atoms with Gasteiger partial charge in [-0.1, -0.05) is 30.3 Å². The summed E-state index contributed by atoms with van der Waals surface area (Å²) in [5.41, 5.74) is 4.04. The van der Waals surface area contributed by atoms with Crippen LogP contribution in [-0.2, 0) is 6.80 Å². The number of thiophene rings is 1. The minimum atomic E-state index is -0.581. The van der Waals surface area contributed by atoms with Crippen LogP contribution in [0.25, 0.3) is 21.7 Å². The molecule has 1 aromatic carbocycles. The number of nitrogens with zero attached hydrogens (tertiary/aromatic N) is 2. The Bertz CT molecular complexity index is 685. The van der Waals surface area contributed by atoms with Gasteiger partial charge in [-0.2, -0.15) is 5.10 Å². The Hall–Kier alpha value is -1.94. The summed E-state index contributed by atoms with van der Waals surface area (Å²) in [6, 6.07) is 14.2. The molecular weight excluding hydrogens is 259 g/mol. The van der Waals surface area contributed by atoms with E-state index in [0.29, 0.717) is 0 Å². The molecule has 0 aliphatic heterocycles.